The van der Waals surface area contributed by atoms with Crippen LogP contribution in [-0.2, 0) is 4.74 Å². The van der Waals surface area contributed by atoms with E-state index in [0.29, 0.717) is 0 Å². The van der Waals surface area contributed by atoms with Gasteiger partial charge in [0.05, 0.1) is 0 Å². The Bertz CT molecular complexity index is 488. The number of aromatic amines is 1. The Hall–Kier alpha value is -1.32. The predicted octanol–water partition coefficient (Wildman–Crippen LogP) is 2.68. The average molecular weight is 218 g/mol. The number of para-hydroxylation sites is 1. The van der Waals surface area contributed by atoms with E-state index < -0.39 is 0 Å². The van der Waals surface area contributed by atoms with E-state index in [2.05, 4.69) is 35.0 Å². The van der Waals surface area contributed by atoms with Crippen LogP contribution in [0.1, 0.15) is 17.5 Å². The molecule has 0 aliphatic heterocycles. The Morgan fingerprint density at radius 3 is 2.56 bits per heavy atom. The molecule has 0 aliphatic carbocycles. The van der Waals surface area contributed by atoms with E-state index >= 15 is 0 Å². The minimum absolute atomic E-state index is 0.00356. The number of nitrogens with zero attached hydrogens (tertiary/aromatic N) is 1. The third-order valence-electron chi connectivity index (χ3n) is 2.88. The molecule has 0 saturated carbocycles. The first kappa shape index (κ1) is 11.2. The zero-order valence-corrected chi connectivity index (χ0v) is 10.2. The molecule has 1 aromatic carbocycles. The summed E-state index contributed by atoms with van der Waals surface area (Å²) in [5.41, 5.74) is 3.56. The zero-order valence-electron chi connectivity index (χ0n) is 10.2. The summed E-state index contributed by atoms with van der Waals surface area (Å²) in [7, 11) is 5.79. The van der Waals surface area contributed by atoms with Gasteiger partial charge in [0.1, 0.15) is 6.23 Å². The first-order valence-corrected chi connectivity index (χ1v) is 5.41. The zero-order chi connectivity index (χ0) is 11.7. The van der Waals surface area contributed by atoms with Crippen LogP contribution in [0.25, 0.3) is 10.9 Å². The largest absolute Gasteiger partial charge is 0.362 e. The molecule has 3 heteroatoms. The fraction of sp³-hybridized carbons (Fsp3) is 0.385. The van der Waals surface area contributed by atoms with Crippen LogP contribution in [0.5, 0.6) is 0 Å². The standard InChI is InChI=1S/C13H18N2O/c1-9-12(13(16-4)15(2)3)10-7-5-6-8-11(10)14-9/h5-8,13-14H,1-4H3. The van der Waals surface area contributed by atoms with Gasteiger partial charge in [-0.3, -0.25) is 4.90 Å². The van der Waals surface area contributed by atoms with Crippen molar-refractivity contribution in [1.82, 2.24) is 9.88 Å². The lowest BCUT2D eigenvalue weighted by Gasteiger charge is -2.23. The summed E-state index contributed by atoms with van der Waals surface area (Å²) >= 11 is 0. The summed E-state index contributed by atoms with van der Waals surface area (Å²) in [5, 5.41) is 1.24. The van der Waals surface area contributed by atoms with Crippen molar-refractivity contribution >= 4 is 10.9 Å². The number of benzene rings is 1. The molecular weight excluding hydrogens is 200 g/mol. The summed E-state index contributed by atoms with van der Waals surface area (Å²) < 4.78 is 5.55. The first-order valence-electron chi connectivity index (χ1n) is 5.41. The van der Waals surface area contributed by atoms with Crippen molar-refractivity contribution in [1.29, 1.82) is 0 Å². The van der Waals surface area contributed by atoms with Gasteiger partial charge in [0.25, 0.3) is 0 Å². The summed E-state index contributed by atoms with van der Waals surface area (Å²) in [4.78, 5) is 5.46. The van der Waals surface area contributed by atoms with Gasteiger partial charge in [-0.15, -0.1) is 0 Å². The van der Waals surface area contributed by atoms with Crippen molar-refractivity contribution in [2.75, 3.05) is 21.2 Å². The van der Waals surface area contributed by atoms with Crippen molar-refractivity contribution in [3.8, 4) is 0 Å². The predicted molar refractivity (Wildman–Crippen MR) is 66.5 cm³/mol. The molecule has 0 fully saturated rings. The molecule has 0 saturated heterocycles. The van der Waals surface area contributed by atoms with Gasteiger partial charge in [0.2, 0.25) is 0 Å². The van der Waals surface area contributed by atoms with Crippen LogP contribution >= 0.6 is 0 Å². The SMILES string of the molecule is COC(c1c(C)[nH]c2ccccc12)N(C)C. The van der Waals surface area contributed by atoms with Crippen molar-refractivity contribution in [3.63, 3.8) is 0 Å². The van der Waals surface area contributed by atoms with Gasteiger partial charge in [-0.05, 0) is 27.1 Å². The monoisotopic (exact) mass is 218 g/mol. The third-order valence-corrected chi connectivity index (χ3v) is 2.88. The van der Waals surface area contributed by atoms with Crippen LogP contribution in [0.15, 0.2) is 24.3 Å². The molecule has 1 heterocycles. The molecule has 3 nitrogen and oxygen atoms in total. The fourth-order valence-electron chi connectivity index (χ4n) is 2.20. The van der Waals surface area contributed by atoms with Gasteiger partial charge in [-0.25, -0.2) is 0 Å². The molecule has 0 bridgehead atoms. The number of rotatable bonds is 3. The Labute approximate surface area is 96.0 Å². The number of hydrogen-bond acceptors (Lipinski definition) is 2. The summed E-state index contributed by atoms with van der Waals surface area (Å²) in [6, 6.07) is 8.32. The number of nitrogens with one attached hydrogen (secondary N) is 1. The Morgan fingerprint density at radius 2 is 1.94 bits per heavy atom. The summed E-state index contributed by atoms with van der Waals surface area (Å²) in [6.45, 7) is 2.09. The topological polar surface area (TPSA) is 28.3 Å². The van der Waals surface area contributed by atoms with E-state index in [-0.39, 0.29) is 6.23 Å². The van der Waals surface area contributed by atoms with Crippen LogP contribution in [0.2, 0.25) is 0 Å². The summed E-state index contributed by atoms with van der Waals surface area (Å²) in [5.74, 6) is 0. The lowest BCUT2D eigenvalue weighted by atomic mass is 10.1. The number of aromatic nitrogens is 1. The molecule has 16 heavy (non-hydrogen) atoms. The lowest BCUT2D eigenvalue weighted by Crippen LogP contribution is -2.21. The molecule has 1 aromatic heterocycles. The smallest absolute Gasteiger partial charge is 0.138 e. The number of aryl methyl sites for hydroxylation is 1. The van der Waals surface area contributed by atoms with Gasteiger partial charge < -0.3 is 9.72 Å². The number of fused-ring (bicyclic) bond motifs is 1. The second-order valence-electron chi connectivity index (χ2n) is 4.26. The average Bonchev–Trinajstić information content (AvgIpc) is 2.57. The van der Waals surface area contributed by atoms with Crippen molar-refractivity contribution in [2.24, 2.45) is 0 Å². The molecule has 1 unspecified atom stereocenters. The molecule has 0 amide bonds. The van der Waals surface area contributed by atoms with Crippen molar-refractivity contribution < 1.29 is 4.74 Å². The molecule has 86 valence electrons. The van der Waals surface area contributed by atoms with Crippen LogP contribution in [-0.4, -0.2) is 31.1 Å². The van der Waals surface area contributed by atoms with Crippen LogP contribution in [0.4, 0.5) is 0 Å². The van der Waals surface area contributed by atoms with E-state index in [1.165, 1.54) is 22.2 Å². The molecule has 0 aliphatic rings. The van der Waals surface area contributed by atoms with Crippen LogP contribution in [0.3, 0.4) is 0 Å². The van der Waals surface area contributed by atoms with E-state index in [9.17, 15) is 0 Å². The molecule has 0 radical (unpaired) electrons. The van der Waals surface area contributed by atoms with Gasteiger partial charge in [0.15, 0.2) is 0 Å². The normalized spacial score (nSPS) is 13.6. The molecule has 1 N–H and O–H groups in total. The Morgan fingerprint density at radius 1 is 1.25 bits per heavy atom. The molecule has 2 rings (SSSR count). The van der Waals surface area contributed by atoms with Crippen molar-refractivity contribution in [2.45, 2.75) is 13.2 Å². The molecule has 2 aromatic rings. The minimum atomic E-state index is -0.00356. The van der Waals surface area contributed by atoms with Gasteiger partial charge >= 0.3 is 0 Å². The number of H-pyrrole nitrogens is 1. The maximum Gasteiger partial charge on any atom is 0.138 e. The maximum absolute atomic E-state index is 5.55. The maximum atomic E-state index is 5.55. The number of hydrogen-bond donors (Lipinski definition) is 1. The van der Waals surface area contributed by atoms with E-state index in [1.807, 2.05) is 20.2 Å². The molecule has 1 atom stereocenters. The van der Waals surface area contributed by atoms with Gasteiger partial charge in [-0.2, -0.15) is 0 Å². The third kappa shape index (κ3) is 1.72. The highest BCUT2D eigenvalue weighted by Crippen LogP contribution is 2.30. The second-order valence-corrected chi connectivity index (χ2v) is 4.26. The van der Waals surface area contributed by atoms with E-state index in [0.717, 1.165) is 0 Å². The molecule has 0 spiro atoms. The highest BCUT2D eigenvalue weighted by molar-refractivity contribution is 5.84. The summed E-state index contributed by atoms with van der Waals surface area (Å²) in [6.07, 6.45) is -0.00356. The lowest BCUT2D eigenvalue weighted by molar-refractivity contribution is -0.00475. The second kappa shape index (κ2) is 4.28. The fourth-order valence-corrected chi connectivity index (χ4v) is 2.20. The van der Waals surface area contributed by atoms with E-state index in [4.69, 9.17) is 4.74 Å². The van der Waals surface area contributed by atoms with Crippen LogP contribution < -0.4 is 0 Å². The first-order chi connectivity index (χ1) is 7.65. The Balaban J connectivity index is 2.62. The highest BCUT2D eigenvalue weighted by Gasteiger charge is 2.19. The Kier molecular flexibility index (Phi) is 2.99. The number of methoxy groups -OCH3 is 1. The highest BCUT2D eigenvalue weighted by atomic mass is 16.5. The molecular formula is C13H18N2O. The van der Waals surface area contributed by atoms with Crippen molar-refractivity contribution in [3.05, 3.63) is 35.5 Å². The van der Waals surface area contributed by atoms with Gasteiger partial charge in [0, 0.05) is 29.3 Å². The van der Waals surface area contributed by atoms with Crippen LogP contribution in [0, 0.1) is 6.92 Å². The minimum Gasteiger partial charge on any atom is -0.362 e. The van der Waals surface area contributed by atoms with E-state index in [1.54, 1.807) is 7.11 Å². The van der Waals surface area contributed by atoms with Gasteiger partial charge in [-0.1, -0.05) is 18.2 Å². The quantitative estimate of drug-likeness (QED) is 0.802. The number of ether oxygens (including phenoxy) is 1.